The summed E-state index contributed by atoms with van der Waals surface area (Å²) in [5.41, 5.74) is 3.72. The molecule has 1 amide bonds. The molecule has 2 aromatic carbocycles. The molecule has 1 aliphatic heterocycles. The summed E-state index contributed by atoms with van der Waals surface area (Å²) in [5, 5.41) is 25.2. The van der Waals surface area contributed by atoms with E-state index in [-0.39, 0.29) is 18.5 Å². The minimum atomic E-state index is -2.94. The Morgan fingerprint density at radius 2 is 1.88 bits per heavy atom. The fourth-order valence-corrected chi connectivity index (χ4v) is 6.63. The molecule has 0 bridgehead atoms. The number of amides is 1. The molecule has 224 valence electrons. The number of nitrogens with one attached hydrogen (secondary N) is 3. The normalized spacial score (nSPS) is 17.2. The lowest BCUT2D eigenvalue weighted by Gasteiger charge is -2.47. The molecule has 1 aliphatic rings. The van der Waals surface area contributed by atoms with Gasteiger partial charge in [0.2, 0.25) is 0 Å². The number of anilines is 2. The molecule has 6 N–H and O–H groups in total. The third kappa shape index (κ3) is 8.46. The smallest absolute Gasteiger partial charge is 0.251 e. The van der Waals surface area contributed by atoms with Gasteiger partial charge in [-0.3, -0.25) is 22.9 Å². The van der Waals surface area contributed by atoms with E-state index in [0.717, 1.165) is 29.7 Å². The second kappa shape index (κ2) is 14.2. The Bertz CT molecular complexity index is 1270. The third-order valence-corrected chi connectivity index (χ3v) is 9.11. The van der Waals surface area contributed by atoms with Crippen LogP contribution in [0.5, 0.6) is 0 Å². The SMILES string of the molecule is CCNc1cc(C(=O)N[C@@H](Cc2ccccc2)[C@@H](O)CNCc2cnn(C(C)C)c2)cc(N2CCCCS2(O)O)c1. The number of hydrogen-bond donors (Lipinski definition) is 6. The first-order chi connectivity index (χ1) is 19.7. The van der Waals surface area contributed by atoms with Gasteiger partial charge in [-0.1, -0.05) is 30.3 Å². The minimum absolute atomic E-state index is 0.272. The van der Waals surface area contributed by atoms with Crippen LogP contribution in [0, 0.1) is 0 Å². The molecule has 10 nitrogen and oxygen atoms in total. The molecule has 0 spiro atoms. The molecule has 11 heteroatoms. The van der Waals surface area contributed by atoms with Gasteiger partial charge in [-0.05, 0) is 63.8 Å². The van der Waals surface area contributed by atoms with E-state index >= 15 is 0 Å². The summed E-state index contributed by atoms with van der Waals surface area (Å²) in [4.78, 5) is 13.6. The summed E-state index contributed by atoms with van der Waals surface area (Å²) in [6.07, 6.45) is 5.00. The number of nitrogens with zero attached hydrogens (tertiary/aromatic N) is 3. The van der Waals surface area contributed by atoms with Crippen LogP contribution in [0.15, 0.2) is 60.9 Å². The molecule has 1 saturated heterocycles. The van der Waals surface area contributed by atoms with E-state index in [1.807, 2.05) is 60.4 Å². The van der Waals surface area contributed by atoms with Crippen LogP contribution in [-0.4, -0.2) is 67.4 Å². The quantitative estimate of drug-likeness (QED) is 0.171. The van der Waals surface area contributed by atoms with Gasteiger partial charge < -0.3 is 21.1 Å². The number of hydrogen-bond acceptors (Lipinski definition) is 8. The number of aliphatic hydroxyl groups excluding tert-OH is 1. The van der Waals surface area contributed by atoms with E-state index in [0.29, 0.717) is 43.1 Å². The second-order valence-corrected chi connectivity index (χ2v) is 12.9. The van der Waals surface area contributed by atoms with Crippen LogP contribution in [0.1, 0.15) is 61.1 Å². The van der Waals surface area contributed by atoms with Crippen molar-refractivity contribution in [1.29, 1.82) is 0 Å². The highest BCUT2D eigenvalue weighted by Crippen LogP contribution is 2.50. The molecule has 2 atom stereocenters. The number of carbonyl (C=O) groups is 1. The predicted octanol–water partition coefficient (Wildman–Crippen LogP) is 4.65. The summed E-state index contributed by atoms with van der Waals surface area (Å²) < 4.78 is 24.9. The van der Waals surface area contributed by atoms with Gasteiger partial charge in [0.25, 0.3) is 5.91 Å². The molecular weight excluding hydrogens is 540 g/mol. The van der Waals surface area contributed by atoms with Crippen LogP contribution in [0.4, 0.5) is 11.4 Å². The average Bonchev–Trinajstić information content (AvgIpc) is 3.42. The summed E-state index contributed by atoms with van der Waals surface area (Å²) in [6, 6.07) is 14.8. The van der Waals surface area contributed by atoms with Crippen molar-refractivity contribution in [3.8, 4) is 0 Å². The topological polar surface area (TPSA) is 135 Å². The molecule has 0 unspecified atom stereocenters. The van der Waals surface area contributed by atoms with Crippen molar-refractivity contribution >= 4 is 28.1 Å². The summed E-state index contributed by atoms with van der Waals surface area (Å²) >= 11 is 0. The maximum atomic E-state index is 13.6. The van der Waals surface area contributed by atoms with Crippen LogP contribution in [0.2, 0.25) is 0 Å². The van der Waals surface area contributed by atoms with E-state index in [1.54, 1.807) is 16.4 Å². The summed E-state index contributed by atoms with van der Waals surface area (Å²) in [5.74, 6) is -0.0194. The van der Waals surface area contributed by atoms with Gasteiger partial charge in [-0.15, -0.1) is 10.8 Å². The predicted molar refractivity (Wildman–Crippen MR) is 167 cm³/mol. The Balaban J connectivity index is 1.51. The lowest BCUT2D eigenvalue weighted by molar-refractivity contribution is 0.0830. The Morgan fingerprint density at radius 1 is 1.10 bits per heavy atom. The zero-order valence-corrected chi connectivity index (χ0v) is 25.0. The maximum Gasteiger partial charge on any atom is 0.251 e. The number of aromatic nitrogens is 2. The molecule has 0 aliphatic carbocycles. The summed E-state index contributed by atoms with van der Waals surface area (Å²) in [7, 11) is -2.94. The number of carbonyl (C=O) groups excluding carboxylic acids is 1. The van der Waals surface area contributed by atoms with Crippen molar-refractivity contribution in [3.05, 3.63) is 77.6 Å². The molecule has 41 heavy (non-hydrogen) atoms. The summed E-state index contributed by atoms with van der Waals surface area (Å²) in [6.45, 7) is 8.09. The average molecular weight is 585 g/mol. The van der Waals surface area contributed by atoms with Crippen LogP contribution in [0.25, 0.3) is 0 Å². The van der Waals surface area contributed by atoms with Gasteiger partial charge in [0.05, 0.1) is 29.8 Å². The fraction of sp³-hybridized carbons (Fsp3) is 0.467. The number of aliphatic hydroxyl groups is 1. The van der Waals surface area contributed by atoms with Crippen molar-refractivity contribution in [1.82, 2.24) is 20.4 Å². The highest BCUT2D eigenvalue weighted by Gasteiger charge is 2.28. The van der Waals surface area contributed by atoms with Gasteiger partial charge in [0.15, 0.2) is 0 Å². The largest absolute Gasteiger partial charge is 0.390 e. The van der Waals surface area contributed by atoms with Crippen molar-refractivity contribution < 1.29 is 19.0 Å². The van der Waals surface area contributed by atoms with Crippen molar-refractivity contribution in [2.75, 3.05) is 35.0 Å². The number of rotatable bonds is 13. The fourth-order valence-electron chi connectivity index (χ4n) is 4.96. The molecule has 1 fully saturated rings. The Hall–Kier alpha value is -3.09. The van der Waals surface area contributed by atoms with E-state index in [2.05, 4.69) is 34.9 Å². The lowest BCUT2D eigenvalue weighted by Crippen LogP contribution is -2.48. The lowest BCUT2D eigenvalue weighted by atomic mass is 10.00. The van der Waals surface area contributed by atoms with Gasteiger partial charge in [-0.25, -0.2) is 0 Å². The number of benzene rings is 2. The van der Waals surface area contributed by atoms with E-state index < -0.39 is 22.9 Å². The first kappa shape index (κ1) is 30.9. The highest BCUT2D eigenvalue weighted by atomic mass is 32.3. The molecule has 0 radical (unpaired) electrons. The molecule has 2 heterocycles. The van der Waals surface area contributed by atoms with Gasteiger partial charge in [0, 0.05) is 55.2 Å². The van der Waals surface area contributed by atoms with Crippen molar-refractivity contribution in [2.24, 2.45) is 0 Å². The first-order valence-corrected chi connectivity index (χ1v) is 16.0. The van der Waals surface area contributed by atoms with E-state index in [4.69, 9.17) is 0 Å². The van der Waals surface area contributed by atoms with E-state index in [1.165, 1.54) is 0 Å². The Labute approximate surface area is 244 Å². The molecular formula is C30H44N6O4S. The third-order valence-electron chi connectivity index (χ3n) is 7.18. The van der Waals surface area contributed by atoms with Crippen molar-refractivity contribution in [3.63, 3.8) is 0 Å². The zero-order valence-electron chi connectivity index (χ0n) is 24.2. The second-order valence-electron chi connectivity index (χ2n) is 10.8. The zero-order chi connectivity index (χ0) is 29.4. The Kier molecular flexibility index (Phi) is 10.7. The molecule has 3 aromatic rings. The standard InChI is InChI=1S/C30H44N6O4S/c1-4-32-26-15-25(16-27(17-26)36-12-8-9-13-41(36,39)40)30(38)34-28(14-23-10-6-5-7-11-23)29(37)20-31-18-24-19-33-35(21-24)22(2)3/h5-7,10-11,15-17,19,21-22,28-29,31-32,37,39-40H,4,8-9,12-14,18,20H2,1-3H3,(H,34,38)/t28-,29-/m0/s1. The monoisotopic (exact) mass is 584 g/mol. The highest BCUT2D eigenvalue weighted by molar-refractivity contribution is 8.25. The maximum absolute atomic E-state index is 13.6. The van der Waals surface area contributed by atoms with Gasteiger partial charge in [0.1, 0.15) is 0 Å². The van der Waals surface area contributed by atoms with Crippen LogP contribution >= 0.6 is 10.8 Å². The first-order valence-electron chi connectivity index (χ1n) is 14.4. The van der Waals surface area contributed by atoms with Crippen LogP contribution in [0.3, 0.4) is 0 Å². The van der Waals surface area contributed by atoms with Gasteiger partial charge in [-0.2, -0.15) is 5.10 Å². The van der Waals surface area contributed by atoms with Crippen LogP contribution in [-0.2, 0) is 13.0 Å². The van der Waals surface area contributed by atoms with E-state index in [9.17, 15) is 19.0 Å². The minimum Gasteiger partial charge on any atom is -0.390 e. The van der Waals surface area contributed by atoms with Crippen molar-refractivity contribution in [2.45, 2.75) is 64.8 Å². The van der Waals surface area contributed by atoms with Crippen LogP contribution < -0.4 is 20.3 Å². The molecule has 4 rings (SSSR count). The molecule has 0 saturated carbocycles. The Morgan fingerprint density at radius 3 is 2.56 bits per heavy atom. The molecule has 1 aromatic heterocycles. The van der Waals surface area contributed by atoms with Gasteiger partial charge >= 0.3 is 0 Å².